The lowest BCUT2D eigenvalue weighted by Gasteiger charge is -2.09. The van der Waals surface area contributed by atoms with Gasteiger partial charge < -0.3 is 9.47 Å². The Hall–Kier alpha value is -2.57. The molecule has 5 nitrogen and oxygen atoms in total. The summed E-state index contributed by atoms with van der Waals surface area (Å²) in [7, 11) is 3.21. The van der Waals surface area contributed by atoms with Crippen LogP contribution in [0.1, 0.15) is 15.2 Å². The molecule has 0 saturated carbocycles. The maximum Gasteiger partial charge on any atom is 0.258 e. The number of carbonyl (C=O) groups is 1. The smallest absolute Gasteiger partial charge is 0.258 e. The van der Waals surface area contributed by atoms with Crippen molar-refractivity contribution in [3.63, 3.8) is 0 Å². The van der Waals surface area contributed by atoms with Crippen LogP contribution >= 0.6 is 22.9 Å². The third kappa shape index (κ3) is 3.66. The van der Waals surface area contributed by atoms with Gasteiger partial charge >= 0.3 is 0 Å². The van der Waals surface area contributed by atoms with Crippen LogP contribution in [0.15, 0.2) is 42.5 Å². The van der Waals surface area contributed by atoms with Crippen LogP contribution < -0.4 is 14.8 Å². The van der Waals surface area contributed by atoms with Gasteiger partial charge in [0.2, 0.25) is 0 Å². The van der Waals surface area contributed by atoms with Crippen molar-refractivity contribution < 1.29 is 14.3 Å². The monoisotopic (exact) mass is 388 g/mol. The minimum absolute atomic E-state index is 0.298. The van der Waals surface area contributed by atoms with Crippen molar-refractivity contribution in [3.05, 3.63) is 57.9 Å². The Labute approximate surface area is 160 Å². The first-order valence-corrected chi connectivity index (χ1v) is 8.98. The van der Waals surface area contributed by atoms with Crippen LogP contribution in [0.3, 0.4) is 0 Å². The highest BCUT2D eigenvalue weighted by atomic mass is 35.5. The molecular weight excluding hydrogens is 372 g/mol. The Kier molecular flexibility index (Phi) is 5.44. The molecule has 0 aliphatic heterocycles. The predicted octanol–water partition coefficient (Wildman–Crippen LogP) is 5.04. The van der Waals surface area contributed by atoms with E-state index < -0.39 is 0 Å². The Bertz CT molecular complexity index is 956. The molecule has 0 aliphatic carbocycles. The Balaban J connectivity index is 1.93. The molecule has 3 aromatic rings. The molecule has 134 valence electrons. The predicted molar refractivity (Wildman–Crippen MR) is 105 cm³/mol. The van der Waals surface area contributed by atoms with E-state index in [0.29, 0.717) is 27.2 Å². The number of thiazole rings is 1. The molecule has 2 aromatic carbocycles. The van der Waals surface area contributed by atoms with Gasteiger partial charge in [-0.3, -0.25) is 10.1 Å². The quantitative estimate of drug-likeness (QED) is 0.665. The van der Waals surface area contributed by atoms with E-state index in [-0.39, 0.29) is 5.91 Å². The molecular formula is C19H17ClN2O3S. The van der Waals surface area contributed by atoms with E-state index in [1.807, 2.05) is 25.1 Å². The van der Waals surface area contributed by atoms with Gasteiger partial charge in [0.15, 0.2) is 5.13 Å². The van der Waals surface area contributed by atoms with Crippen LogP contribution in [0.4, 0.5) is 5.13 Å². The molecule has 0 aliphatic rings. The summed E-state index contributed by atoms with van der Waals surface area (Å²) in [6.07, 6.45) is 0. The van der Waals surface area contributed by atoms with Crippen molar-refractivity contribution in [3.8, 4) is 22.8 Å². The molecule has 1 N–H and O–H groups in total. The van der Waals surface area contributed by atoms with Crippen molar-refractivity contribution in [2.45, 2.75) is 6.92 Å². The SMILES string of the molecule is COc1ccc(OC)c(-c2nc(NC(=O)c3ccccc3Cl)sc2C)c1. The number of benzene rings is 2. The third-order valence-electron chi connectivity index (χ3n) is 3.80. The molecule has 1 aromatic heterocycles. The third-order valence-corrected chi connectivity index (χ3v) is 5.01. The molecule has 0 atom stereocenters. The summed E-state index contributed by atoms with van der Waals surface area (Å²) in [6.45, 7) is 1.94. The lowest BCUT2D eigenvalue weighted by molar-refractivity contribution is 0.102. The average Bonchev–Trinajstić information content (AvgIpc) is 3.01. The molecule has 26 heavy (non-hydrogen) atoms. The van der Waals surface area contributed by atoms with Crippen molar-refractivity contribution in [1.29, 1.82) is 0 Å². The summed E-state index contributed by atoms with van der Waals surface area (Å²) in [5.41, 5.74) is 1.95. The zero-order chi connectivity index (χ0) is 18.7. The van der Waals surface area contributed by atoms with Crippen LogP contribution in [-0.4, -0.2) is 25.1 Å². The lowest BCUT2D eigenvalue weighted by Crippen LogP contribution is -2.12. The number of methoxy groups -OCH3 is 2. The van der Waals surface area contributed by atoms with E-state index in [4.69, 9.17) is 21.1 Å². The maximum atomic E-state index is 12.4. The van der Waals surface area contributed by atoms with Crippen LogP contribution in [0.25, 0.3) is 11.3 Å². The number of aryl methyl sites for hydroxylation is 1. The molecule has 1 heterocycles. The van der Waals surface area contributed by atoms with Gasteiger partial charge in [-0.1, -0.05) is 23.7 Å². The van der Waals surface area contributed by atoms with E-state index in [1.54, 1.807) is 38.5 Å². The van der Waals surface area contributed by atoms with Gasteiger partial charge in [-0.25, -0.2) is 4.98 Å². The first kappa shape index (κ1) is 18.2. The Morgan fingerprint density at radius 1 is 1.15 bits per heavy atom. The number of carbonyl (C=O) groups excluding carboxylic acids is 1. The molecule has 0 radical (unpaired) electrons. The van der Waals surface area contributed by atoms with Gasteiger partial charge in [-0.15, -0.1) is 11.3 Å². The van der Waals surface area contributed by atoms with E-state index in [2.05, 4.69) is 10.3 Å². The van der Waals surface area contributed by atoms with Gasteiger partial charge in [-0.2, -0.15) is 0 Å². The summed E-state index contributed by atoms with van der Waals surface area (Å²) >= 11 is 7.47. The van der Waals surface area contributed by atoms with E-state index in [9.17, 15) is 4.79 Å². The summed E-state index contributed by atoms with van der Waals surface area (Å²) in [4.78, 5) is 18.0. The topological polar surface area (TPSA) is 60.5 Å². The van der Waals surface area contributed by atoms with E-state index >= 15 is 0 Å². The lowest BCUT2D eigenvalue weighted by atomic mass is 10.1. The van der Waals surface area contributed by atoms with Crippen LogP contribution in [-0.2, 0) is 0 Å². The molecule has 0 unspecified atom stereocenters. The maximum absolute atomic E-state index is 12.4. The average molecular weight is 389 g/mol. The van der Waals surface area contributed by atoms with Crippen molar-refractivity contribution in [1.82, 2.24) is 4.98 Å². The second-order valence-corrected chi connectivity index (χ2v) is 7.03. The van der Waals surface area contributed by atoms with Gasteiger partial charge in [0.25, 0.3) is 5.91 Å². The highest BCUT2D eigenvalue weighted by Gasteiger charge is 2.17. The number of amides is 1. The number of nitrogens with one attached hydrogen (secondary N) is 1. The zero-order valence-corrected chi connectivity index (χ0v) is 16.1. The van der Waals surface area contributed by atoms with Crippen molar-refractivity contribution in [2.75, 3.05) is 19.5 Å². The van der Waals surface area contributed by atoms with Gasteiger partial charge in [0, 0.05) is 10.4 Å². The summed E-state index contributed by atoms with van der Waals surface area (Å²) in [5.74, 6) is 1.09. The number of anilines is 1. The molecule has 7 heteroatoms. The number of hydrogen-bond donors (Lipinski definition) is 1. The number of ether oxygens (including phenoxy) is 2. The minimum Gasteiger partial charge on any atom is -0.497 e. The summed E-state index contributed by atoms with van der Waals surface area (Å²) < 4.78 is 10.7. The summed E-state index contributed by atoms with van der Waals surface area (Å²) in [5, 5.41) is 3.70. The van der Waals surface area contributed by atoms with Gasteiger partial charge in [0.1, 0.15) is 11.5 Å². The van der Waals surface area contributed by atoms with Gasteiger partial charge in [0.05, 0.1) is 30.5 Å². The second kappa shape index (κ2) is 7.76. The highest BCUT2D eigenvalue weighted by Crippen LogP contribution is 2.38. The molecule has 0 fully saturated rings. The minimum atomic E-state index is -0.298. The van der Waals surface area contributed by atoms with Crippen molar-refractivity contribution >= 4 is 34.0 Å². The fourth-order valence-electron chi connectivity index (χ4n) is 2.51. The molecule has 0 spiro atoms. The number of aromatic nitrogens is 1. The fraction of sp³-hybridized carbons (Fsp3) is 0.158. The largest absolute Gasteiger partial charge is 0.497 e. The second-order valence-electron chi connectivity index (χ2n) is 5.42. The number of halogens is 1. The highest BCUT2D eigenvalue weighted by molar-refractivity contribution is 7.16. The molecule has 0 bridgehead atoms. The zero-order valence-electron chi connectivity index (χ0n) is 14.5. The number of hydrogen-bond acceptors (Lipinski definition) is 5. The first-order valence-electron chi connectivity index (χ1n) is 7.79. The van der Waals surface area contributed by atoms with E-state index in [1.165, 1.54) is 11.3 Å². The number of rotatable bonds is 5. The van der Waals surface area contributed by atoms with Gasteiger partial charge in [-0.05, 0) is 37.3 Å². The van der Waals surface area contributed by atoms with Crippen LogP contribution in [0.2, 0.25) is 5.02 Å². The molecule has 1 amide bonds. The Morgan fingerprint density at radius 3 is 2.62 bits per heavy atom. The van der Waals surface area contributed by atoms with Crippen molar-refractivity contribution in [2.24, 2.45) is 0 Å². The molecule has 3 rings (SSSR count). The normalized spacial score (nSPS) is 10.5. The summed E-state index contributed by atoms with van der Waals surface area (Å²) in [6, 6.07) is 12.4. The van der Waals surface area contributed by atoms with Crippen LogP contribution in [0, 0.1) is 6.92 Å². The Morgan fingerprint density at radius 2 is 1.92 bits per heavy atom. The van der Waals surface area contributed by atoms with E-state index in [0.717, 1.165) is 16.1 Å². The number of nitrogens with zero attached hydrogens (tertiary/aromatic N) is 1. The van der Waals surface area contributed by atoms with Crippen LogP contribution in [0.5, 0.6) is 11.5 Å². The first-order chi connectivity index (χ1) is 12.5. The standard InChI is InChI=1S/C19H17ClN2O3S/c1-11-17(14-10-12(24-2)8-9-16(14)25-3)21-19(26-11)22-18(23)13-6-4-5-7-15(13)20/h4-10H,1-3H3,(H,21,22,23). The fourth-order valence-corrected chi connectivity index (χ4v) is 3.55. The molecule has 0 saturated heterocycles.